The van der Waals surface area contributed by atoms with Crippen LogP contribution in [0, 0.1) is 0 Å². The molecule has 0 radical (unpaired) electrons. The smallest absolute Gasteiger partial charge is 0.0935 e. The van der Waals surface area contributed by atoms with Crippen molar-refractivity contribution in [2.45, 2.75) is 45.7 Å². The Labute approximate surface area is 105 Å². The fourth-order valence-corrected chi connectivity index (χ4v) is 2.61. The minimum atomic E-state index is 0.134. The second kappa shape index (κ2) is 6.22. The van der Waals surface area contributed by atoms with E-state index in [0.717, 1.165) is 19.5 Å². The third-order valence-electron chi connectivity index (χ3n) is 3.80. The largest absolute Gasteiger partial charge is 0.472 e. The summed E-state index contributed by atoms with van der Waals surface area (Å²) in [5, 5.41) is 3.45. The maximum atomic E-state index is 5.14. The average molecular weight is 238 g/mol. The number of likely N-dealkylation sites (N-methyl/N-ethyl adjacent to an activating group) is 2. The molecule has 1 heterocycles. The molecule has 1 rings (SSSR count). The minimum Gasteiger partial charge on any atom is -0.472 e. The van der Waals surface area contributed by atoms with Gasteiger partial charge in [0.2, 0.25) is 0 Å². The quantitative estimate of drug-likeness (QED) is 0.791. The molecule has 1 unspecified atom stereocenters. The van der Waals surface area contributed by atoms with Crippen LogP contribution in [0.15, 0.2) is 23.0 Å². The van der Waals surface area contributed by atoms with Gasteiger partial charge >= 0.3 is 0 Å². The molecule has 0 saturated heterocycles. The van der Waals surface area contributed by atoms with E-state index >= 15 is 0 Å². The first-order valence-electron chi connectivity index (χ1n) is 6.49. The lowest BCUT2D eigenvalue weighted by Gasteiger charge is -2.43. The third kappa shape index (κ3) is 3.33. The molecule has 3 nitrogen and oxygen atoms in total. The molecule has 0 bridgehead atoms. The van der Waals surface area contributed by atoms with Gasteiger partial charge in [-0.05, 0) is 52.0 Å². The minimum absolute atomic E-state index is 0.134. The Morgan fingerprint density at radius 3 is 2.41 bits per heavy atom. The Kier molecular flexibility index (Phi) is 5.22. The van der Waals surface area contributed by atoms with Crippen LogP contribution < -0.4 is 5.32 Å². The normalized spacial score (nSPS) is 14.2. The van der Waals surface area contributed by atoms with E-state index in [4.69, 9.17) is 4.42 Å². The molecule has 98 valence electrons. The van der Waals surface area contributed by atoms with E-state index in [9.17, 15) is 0 Å². The molecule has 0 saturated carbocycles. The lowest BCUT2D eigenvalue weighted by Crippen LogP contribution is -2.57. The van der Waals surface area contributed by atoms with Crippen molar-refractivity contribution in [2.75, 3.05) is 20.1 Å². The first-order valence-corrected chi connectivity index (χ1v) is 6.49. The van der Waals surface area contributed by atoms with E-state index in [-0.39, 0.29) is 5.54 Å². The van der Waals surface area contributed by atoms with Crippen LogP contribution >= 0.6 is 0 Å². The summed E-state index contributed by atoms with van der Waals surface area (Å²) in [5.41, 5.74) is 1.39. The van der Waals surface area contributed by atoms with Crippen LogP contribution in [0.3, 0.4) is 0 Å². The fourth-order valence-electron chi connectivity index (χ4n) is 2.61. The van der Waals surface area contributed by atoms with Crippen molar-refractivity contribution in [1.29, 1.82) is 0 Å². The maximum absolute atomic E-state index is 5.14. The van der Waals surface area contributed by atoms with E-state index in [1.165, 1.54) is 5.56 Å². The Morgan fingerprint density at radius 2 is 2.00 bits per heavy atom. The Bertz CT molecular complexity index is 302. The molecule has 1 aromatic heterocycles. The van der Waals surface area contributed by atoms with Crippen molar-refractivity contribution in [3.05, 3.63) is 24.2 Å². The van der Waals surface area contributed by atoms with E-state index in [1.807, 2.05) is 19.4 Å². The van der Waals surface area contributed by atoms with Crippen molar-refractivity contribution in [1.82, 2.24) is 10.2 Å². The molecule has 0 aliphatic rings. The second-order valence-electron chi connectivity index (χ2n) is 5.00. The highest BCUT2D eigenvalue weighted by atomic mass is 16.3. The van der Waals surface area contributed by atoms with Crippen LogP contribution in [0.2, 0.25) is 0 Å². The fraction of sp³-hybridized carbons (Fsp3) is 0.714. The first-order chi connectivity index (χ1) is 8.06. The zero-order valence-corrected chi connectivity index (χ0v) is 11.8. The van der Waals surface area contributed by atoms with E-state index in [1.54, 1.807) is 6.26 Å². The summed E-state index contributed by atoms with van der Waals surface area (Å²) in [6.07, 6.45) is 4.58. The monoisotopic (exact) mass is 238 g/mol. The summed E-state index contributed by atoms with van der Waals surface area (Å²) >= 11 is 0. The van der Waals surface area contributed by atoms with E-state index < -0.39 is 0 Å². The van der Waals surface area contributed by atoms with Crippen LogP contribution in [0.5, 0.6) is 0 Å². The average Bonchev–Trinajstić information content (AvgIpc) is 2.79. The van der Waals surface area contributed by atoms with Crippen LogP contribution in [-0.2, 0) is 6.42 Å². The van der Waals surface area contributed by atoms with Gasteiger partial charge in [-0.15, -0.1) is 0 Å². The second-order valence-corrected chi connectivity index (χ2v) is 5.00. The van der Waals surface area contributed by atoms with Crippen LogP contribution in [0.1, 0.15) is 33.3 Å². The zero-order chi connectivity index (χ0) is 12.9. The Hall–Kier alpha value is -0.800. The lowest BCUT2D eigenvalue weighted by atomic mass is 9.88. The van der Waals surface area contributed by atoms with Gasteiger partial charge in [-0.25, -0.2) is 0 Å². The van der Waals surface area contributed by atoms with Crippen molar-refractivity contribution < 1.29 is 4.42 Å². The SMILES string of the molecule is CCN(CC)C(C)(C)C(Cc1ccoc1)NC. The van der Waals surface area contributed by atoms with Gasteiger partial charge < -0.3 is 9.73 Å². The standard InChI is InChI=1S/C14H26N2O/c1-6-16(7-2)14(3,4)13(15-5)10-12-8-9-17-11-12/h8-9,11,13,15H,6-7,10H2,1-5H3. The lowest BCUT2D eigenvalue weighted by molar-refractivity contribution is 0.0943. The summed E-state index contributed by atoms with van der Waals surface area (Å²) in [5.74, 6) is 0. The first kappa shape index (κ1) is 14.3. The highest BCUT2D eigenvalue weighted by Crippen LogP contribution is 2.21. The summed E-state index contributed by atoms with van der Waals surface area (Å²) in [7, 11) is 2.04. The predicted octanol–water partition coefficient (Wildman–Crippen LogP) is 2.53. The molecular formula is C14H26N2O. The number of furan rings is 1. The van der Waals surface area contributed by atoms with Gasteiger partial charge in [0.1, 0.15) is 0 Å². The highest BCUT2D eigenvalue weighted by molar-refractivity contribution is 5.10. The summed E-state index contributed by atoms with van der Waals surface area (Å²) in [6.45, 7) is 11.2. The molecular weight excluding hydrogens is 212 g/mol. The molecule has 3 heteroatoms. The molecule has 1 N–H and O–H groups in total. The predicted molar refractivity (Wildman–Crippen MR) is 72.3 cm³/mol. The van der Waals surface area contributed by atoms with E-state index in [0.29, 0.717) is 6.04 Å². The molecule has 0 aliphatic heterocycles. The number of hydrogen-bond acceptors (Lipinski definition) is 3. The van der Waals surface area contributed by atoms with Crippen molar-refractivity contribution in [3.63, 3.8) is 0 Å². The van der Waals surface area contributed by atoms with Crippen molar-refractivity contribution >= 4 is 0 Å². The Morgan fingerprint density at radius 1 is 1.35 bits per heavy atom. The molecule has 1 aromatic rings. The highest BCUT2D eigenvalue weighted by Gasteiger charge is 2.33. The number of hydrogen-bond donors (Lipinski definition) is 1. The topological polar surface area (TPSA) is 28.4 Å². The molecule has 0 aromatic carbocycles. The molecule has 0 aliphatic carbocycles. The van der Waals surface area contributed by atoms with Gasteiger partial charge in [-0.2, -0.15) is 0 Å². The Balaban J connectivity index is 2.77. The van der Waals surface area contributed by atoms with Crippen LogP contribution in [0.25, 0.3) is 0 Å². The zero-order valence-electron chi connectivity index (χ0n) is 11.8. The van der Waals surface area contributed by atoms with Crippen molar-refractivity contribution in [2.24, 2.45) is 0 Å². The van der Waals surface area contributed by atoms with Gasteiger partial charge in [-0.3, -0.25) is 4.90 Å². The van der Waals surface area contributed by atoms with Gasteiger partial charge in [0, 0.05) is 11.6 Å². The third-order valence-corrected chi connectivity index (χ3v) is 3.80. The van der Waals surface area contributed by atoms with Gasteiger partial charge in [0.05, 0.1) is 12.5 Å². The molecule has 0 amide bonds. The van der Waals surface area contributed by atoms with Gasteiger partial charge in [0.15, 0.2) is 0 Å². The number of nitrogens with one attached hydrogen (secondary N) is 1. The molecule has 17 heavy (non-hydrogen) atoms. The molecule has 1 atom stereocenters. The maximum Gasteiger partial charge on any atom is 0.0935 e. The van der Waals surface area contributed by atoms with Crippen LogP contribution in [-0.4, -0.2) is 36.6 Å². The van der Waals surface area contributed by atoms with Gasteiger partial charge in [-0.1, -0.05) is 13.8 Å². The molecule has 0 fully saturated rings. The van der Waals surface area contributed by atoms with Crippen molar-refractivity contribution in [3.8, 4) is 0 Å². The summed E-state index contributed by atoms with van der Waals surface area (Å²) in [6, 6.07) is 2.46. The number of rotatable bonds is 7. The van der Waals surface area contributed by atoms with Crippen LogP contribution in [0.4, 0.5) is 0 Å². The molecule has 0 spiro atoms. The van der Waals surface area contributed by atoms with E-state index in [2.05, 4.69) is 37.9 Å². The number of nitrogens with zero attached hydrogens (tertiary/aromatic N) is 1. The van der Waals surface area contributed by atoms with Gasteiger partial charge in [0.25, 0.3) is 0 Å². The summed E-state index contributed by atoms with van der Waals surface area (Å²) < 4.78 is 5.14. The summed E-state index contributed by atoms with van der Waals surface area (Å²) in [4.78, 5) is 2.49.